The number of amides is 2. The van der Waals surface area contributed by atoms with Crippen molar-refractivity contribution in [3.05, 3.63) is 64.7 Å². The van der Waals surface area contributed by atoms with Gasteiger partial charge in [-0.15, -0.1) is 0 Å². The summed E-state index contributed by atoms with van der Waals surface area (Å²) in [6, 6.07) is 14.2. The molecule has 0 radical (unpaired) electrons. The number of hydrogen-bond donors (Lipinski definition) is 1. The molecule has 0 aliphatic rings. The highest BCUT2D eigenvalue weighted by Gasteiger charge is 2.29. The van der Waals surface area contributed by atoms with Crippen molar-refractivity contribution in [2.45, 2.75) is 47.1 Å². The van der Waals surface area contributed by atoms with Crippen LogP contribution in [0.1, 0.15) is 52.9 Å². The van der Waals surface area contributed by atoms with Crippen LogP contribution in [0.4, 0.5) is 4.79 Å². The Hall–Kier alpha value is -3.35. The summed E-state index contributed by atoms with van der Waals surface area (Å²) >= 11 is 0. The Bertz CT molecular complexity index is 1140. The zero-order valence-corrected chi connectivity index (χ0v) is 20.2. The third-order valence-electron chi connectivity index (χ3n) is 5.42. The molecule has 1 N–H and O–H groups in total. The molecule has 0 aliphatic carbocycles. The zero-order valence-electron chi connectivity index (χ0n) is 20.2. The van der Waals surface area contributed by atoms with Crippen LogP contribution in [0.15, 0.2) is 53.3 Å². The molecular weight excluding hydrogens is 416 g/mol. The first-order valence-electron chi connectivity index (χ1n) is 11.7. The molecule has 0 saturated heterocycles. The molecule has 0 saturated carbocycles. The van der Waals surface area contributed by atoms with Crippen molar-refractivity contribution in [1.82, 2.24) is 19.8 Å². The molecule has 3 rings (SSSR count). The van der Waals surface area contributed by atoms with Crippen molar-refractivity contribution in [3.8, 4) is 11.4 Å². The summed E-state index contributed by atoms with van der Waals surface area (Å²) in [5, 5.41) is 3.46. The summed E-state index contributed by atoms with van der Waals surface area (Å²) in [4.78, 5) is 33.5. The Labute approximate surface area is 195 Å². The van der Waals surface area contributed by atoms with E-state index in [0.717, 1.165) is 5.75 Å². The summed E-state index contributed by atoms with van der Waals surface area (Å²) in [6.07, 6.45) is 0.617. The van der Waals surface area contributed by atoms with Gasteiger partial charge in [0.05, 0.1) is 29.2 Å². The van der Waals surface area contributed by atoms with Gasteiger partial charge >= 0.3 is 6.03 Å². The van der Waals surface area contributed by atoms with E-state index in [-0.39, 0.29) is 23.6 Å². The minimum atomic E-state index is -0.372. The molecule has 0 aliphatic heterocycles. The highest BCUT2D eigenvalue weighted by atomic mass is 16.5. The standard InChI is InChI=1S/C26H34N4O3/c1-6-23(29(17-18(4)5)26(32)27-7-2)24-28-22-12-10-9-11-21(22)25(31)30(24)19-13-15-20(16-14-19)33-8-3/h9-16,18,23H,6-8,17H2,1-5H3,(H,27,32). The average molecular weight is 451 g/mol. The number of fused-ring (bicyclic) bond motifs is 1. The van der Waals surface area contributed by atoms with Gasteiger partial charge in [0.1, 0.15) is 11.6 Å². The number of nitrogens with one attached hydrogen (secondary N) is 1. The Kier molecular flexibility index (Phi) is 8.09. The smallest absolute Gasteiger partial charge is 0.318 e. The van der Waals surface area contributed by atoms with Crippen LogP contribution in [0.25, 0.3) is 16.6 Å². The normalized spacial score (nSPS) is 12.1. The van der Waals surface area contributed by atoms with Crippen molar-refractivity contribution in [3.63, 3.8) is 0 Å². The van der Waals surface area contributed by atoms with Gasteiger partial charge in [0.2, 0.25) is 0 Å². The molecule has 2 aromatic carbocycles. The van der Waals surface area contributed by atoms with Crippen LogP contribution in [0.5, 0.6) is 5.75 Å². The van der Waals surface area contributed by atoms with Gasteiger partial charge in [-0.1, -0.05) is 32.9 Å². The Morgan fingerprint density at radius 1 is 1.09 bits per heavy atom. The second-order valence-corrected chi connectivity index (χ2v) is 8.36. The lowest BCUT2D eigenvalue weighted by atomic mass is 10.1. The minimum Gasteiger partial charge on any atom is -0.494 e. The first-order valence-corrected chi connectivity index (χ1v) is 11.7. The zero-order chi connectivity index (χ0) is 24.0. The number of carbonyl (C=O) groups excluding carboxylic acids is 1. The second-order valence-electron chi connectivity index (χ2n) is 8.36. The van der Waals surface area contributed by atoms with Crippen LogP contribution in [0.2, 0.25) is 0 Å². The molecule has 0 spiro atoms. The molecule has 1 unspecified atom stereocenters. The SMILES string of the molecule is CCNC(=O)N(CC(C)C)C(CC)c1nc2ccccc2c(=O)n1-c1ccc(OCC)cc1. The van der Waals surface area contributed by atoms with Crippen molar-refractivity contribution in [1.29, 1.82) is 0 Å². The first-order chi connectivity index (χ1) is 15.9. The van der Waals surface area contributed by atoms with Crippen LogP contribution < -0.4 is 15.6 Å². The topological polar surface area (TPSA) is 76.5 Å². The maximum absolute atomic E-state index is 13.7. The number of urea groups is 1. The van der Waals surface area contributed by atoms with E-state index in [1.54, 1.807) is 15.5 Å². The van der Waals surface area contributed by atoms with Gasteiger partial charge in [-0.2, -0.15) is 0 Å². The lowest BCUT2D eigenvalue weighted by Gasteiger charge is -2.33. The average Bonchev–Trinajstić information content (AvgIpc) is 2.80. The van der Waals surface area contributed by atoms with Gasteiger partial charge in [0.15, 0.2) is 0 Å². The van der Waals surface area contributed by atoms with E-state index in [4.69, 9.17) is 9.72 Å². The number of rotatable bonds is 9. The lowest BCUT2D eigenvalue weighted by molar-refractivity contribution is 0.159. The maximum atomic E-state index is 13.7. The van der Waals surface area contributed by atoms with E-state index in [0.29, 0.717) is 48.5 Å². The molecule has 176 valence electrons. The summed E-state index contributed by atoms with van der Waals surface area (Å²) in [6.45, 7) is 11.6. The summed E-state index contributed by atoms with van der Waals surface area (Å²) in [5.74, 6) is 1.55. The number of ether oxygens (including phenoxy) is 1. The lowest BCUT2D eigenvalue weighted by Crippen LogP contribution is -2.45. The maximum Gasteiger partial charge on any atom is 0.318 e. The molecule has 2 amide bonds. The van der Waals surface area contributed by atoms with Crippen molar-refractivity contribution < 1.29 is 9.53 Å². The molecule has 1 aromatic heterocycles. The number of benzene rings is 2. The Morgan fingerprint density at radius 2 is 1.79 bits per heavy atom. The van der Waals surface area contributed by atoms with Gasteiger partial charge in [0.25, 0.3) is 5.56 Å². The third-order valence-corrected chi connectivity index (χ3v) is 5.42. The van der Waals surface area contributed by atoms with E-state index >= 15 is 0 Å². The molecule has 0 bridgehead atoms. The predicted molar refractivity (Wildman–Crippen MR) is 132 cm³/mol. The van der Waals surface area contributed by atoms with Crippen LogP contribution in [-0.2, 0) is 0 Å². The van der Waals surface area contributed by atoms with Crippen LogP contribution >= 0.6 is 0 Å². The Morgan fingerprint density at radius 3 is 2.39 bits per heavy atom. The van der Waals surface area contributed by atoms with E-state index in [1.165, 1.54) is 0 Å². The van der Waals surface area contributed by atoms with Gasteiger partial charge in [-0.05, 0) is 62.6 Å². The van der Waals surface area contributed by atoms with Crippen molar-refractivity contribution >= 4 is 16.9 Å². The monoisotopic (exact) mass is 450 g/mol. The molecule has 33 heavy (non-hydrogen) atoms. The fourth-order valence-corrected chi connectivity index (χ4v) is 4.02. The summed E-state index contributed by atoms with van der Waals surface area (Å²) in [5.41, 5.74) is 1.16. The van der Waals surface area contributed by atoms with E-state index in [2.05, 4.69) is 19.2 Å². The summed E-state index contributed by atoms with van der Waals surface area (Å²) < 4.78 is 7.21. The quantitative estimate of drug-likeness (QED) is 0.502. The molecule has 0 fully saturated rings. The molecule has 7 heteroatoms. The number of hydrogen-bond acceptors (Lipinski definition) is 4. The highest BCUT2D eigenvalue weighted by Crippen LogP contribution is 2.27. The van der Waals surface area contributed by atoms with Crippen LogP contribution in [-0.4, -0.2) is 40.2 Å². The van der Waals surface area contributed by atoms with Gasteiger partial charge < -0.3 is 15.0 Å². The van der Waals surface area contributed by atoms with Crippen molar-refractivity contribution in [2.24, 2.45) is 5.92 Å². The molecule has 7 nitrogen and oxygen atoms in total. The first kappa shape index (κ1) is 24.3. The van der Waals surface area contributed by atoms with Gasteiger partial charge in [-0.3, -0.25) is 9.36 Å². The van der Waals surface area contributed by atoms with E-state index in [9.17, 15) is 9.59 Å². The number of carbonyl (C=O) groups is 1. The third kappa shape index (κ3) is 5.35. The van der Waals surface area contributed by atoms with E-state index in [1.807, 2.05) is 63.2 Å². The van der Waals surface area contributed by atoms with Crippen molar-refractivity contribution in [2.75, 3.05) is 19.7 Å². The number of aromatic nitrogens is 2. The van der Waals surface area contributed by atoms with Crippen LogP contribution in [0, 0.1) is 5.92 Å². The Balaban J connectivity index is 2.25. The molecule has 3 aromatic rings. The largest absolute Gasteiger partial charge is 0.494 e. The number of para-hydroxylation sites is 1. The fourth-order valence-electron chi connectivity index (χ4n) is 4.02. The molecule has 1 heterocycles. The minimum absolute atomic E-state index is 0.154. The fraction of sp³-hybridized carbons (Fsp3) is 0.423. The summed E-state index contributed by atoms with van der Waals surface area (Å²) in [7, 11) is 0. The highest BCUT2D eigenvalue weighted by molar-refractivity contribution is 5.78. The molecule has 1 atom stereocenters. The van der Waals surface area contributed by atoms with Crippen LogP contribution in [0.3, 0.4) is 0 Å². The van der Waals surface area contributed by atoms with Gasteiger partial charge in [0, 0.05) is 13.1 Å². The molecular formula is C26H34N4O3. The van der Waals surface area contributed by atoms with Gasteiger partial charge in [-0.25, -0.2) is 9.78 Å². The number of nitrogens with zero attached hydrogens (tertiary/aromatic N) is 3. The van der Waals surface area contributed by atoms with E-state index < -0.39 is 0 Å². The second kappa shape index (κ2) is 11.0. The predicted octanol–water partition coefficient (Wildman–Crippen LogP) is 4.92.